The van der Waals surface area contributed by atoms with Crippen molar-refractivity contribution in [3.05, 3.63) is 60.9 Å². The van der Waals surface area contributed by atoms with E-state index in [4.69, 9.17) is 4.74 Å². The van der Waals surface area contributed by atoms with Crippen LogP contribution in [0.1, 0.15) is 0 Å². The number of ether oxygens (including phenoxy) is 1. The van der Waals surface area contributed by atoms with E-state index in [-0.39, 0.29) is 17.4 Å². The number of nitrogens with zero attached hydrogens (tertiary/aromatic N) is 2. The maximum atomic E-state index is 9.60. The van der Waals surface area contributed by atoms with Crippen LogP contribution in [0.15, 0.2) is 60.9 Å². The monoisotopic (exact) mass is 295 g/mol. The van der Waals surface area contributed by atoms with Crippen molar-refractivity contribution in [1.82, 2.24) is 9.97 Å². The Bertz CT molecular complexity index is 741. The largest absolute Gasteiger partial charge is 0.492 e. The first kappa shape index (κ1) is 13.7. The van der Waals surface area contributed by atoms with Gasteiger partial charge in [0.25, 0.3) is 0 Å². The number of hydrogen-bond donors (Lipinski definition) is 3. The van der Waals surface area contributed by atoms with Crippen LogP contribution in [0.25, 0.3) is 0 Å². The second kappa shape index (κ2) is 6.01. The first-order chi connectivity index (χ1) is 10.7. The minimum Gasteiger partial charge on any atom is -0.492 e. The quantitative estimate of drug-likeness (QED) is 0.683. The Hall–Kier alpha value is -3.28. The summed E-state index contributed by atoms with van der Waals surface area (Å²) in [5, 5.41) is 22.1. The van der Waals surface area contributed by atoms with Gasteiger partial charge in [-0.1, -0.05) is 18.2 Å². The van der Waals surface area contributed by atoms with Crippen molar-refractivity contribution in [2.75, 3.05) is 5.32 Å². The molecular formula is C16H13N3O3. The lowest BCUT2D eigenvalue weighted by atomic mass is 10.3. The molecule has 0 unspecified atom stereocenters. The van der Waals surface area contributed by atoms with Crippen LogP contribution in [0.2, 0.25) is 0 Å². The summed E-state index contributed by atoms with van der Waals surface area (Å²) in [6.45, 7) is 0. The Balaban J connectivity index is 1.74. The van der Waals surface area contributed by atoms with E-state index in [0.717, 1.165) is 12.1 Å². The average Bonchev–Trinajstić information content (AvgIpc) is 2.54. The van der Waals surface area contributed by atoms with Crippen molar-refractivity contribution >= 4 is 11.4 Å². The van der Waals surface area contributed by atoms with Gasteiger partial charge in [0, 0.05) is 5.69 Å². The molecule has 0 aliphatic heterocycles. The highest BCUT2D eigenvalue weighted by atomic mass is 16.5. The summed E-state index contributed by atoms with van der Waals surface area (Å²) in [7, 11) is 0. The summed E-state index contributed by atoms with van der Waals surface area (Å²) in [5.74, 6) is 0.777. The fourth-order valence-corrected chi connectivity index (χ4v) is 1.85. The van der Waals surface area contributed by atoms with Crippen molar-refractivity contribution in [2.24, 2.45) is 0 Å². The minimum absolute atomic E-state index is 0.0548. The van der Waals surface area contributed by atoms with Crippen LogP contribution in [-0.2, 0) is 0 Å². The number of aromatic nitrogens is 2. The molecule has 0 saturated heterocycles. The lowest BCUT2D eigenvalue weighted by Crippen LogP contribution is -1.94. The van der Waals surface area contributed by atoms with Crippen molar-refractivity contribution < 1.29 is 14.9 Å². The molecule has 0 aliphatic rings. The van der Waals surface area contributed by atoms with Gasteiger partial charge >= 0.3 is 0 Å². The van der Waals surface area contributed by atoms with Gasteiger partial charge in [-0.25, -0.2) is 0 Å². The Morgan fingerprint density at radius 2 is 1.36 bits per heavy atom. The molecule has 1 heterocycles. The lowest BCUT2D eigenvalue weighted by Gasteiger charge is -2.10. The summed E-state index contributed by atoms with van der Waals surface area (Å²) in [6.07, 6.45) is 1.08. The lowest BCUT2D eigenvalue weighted by molar-refractivity contribution is 0.426. The highest BCUT2D eigenvalue weighted by Gasteiger charge is 2.09. The molecule has 22 heavy (non-hydrogen) atoms. The number of rotatable bonds is 4. The minimum atomic E-state index is -0.322. The molecule has 110 valence electrons. The van der Waals surface area contributed by atoms with Crippen molar-refractivity contribution in [3.63, 3.8) is 0 Å². The summed E-state index contributed by atoms with van der Waals surface area (Å²) >= 11 is 0. The van der Waals surface area contributed by atoms with E-state index in [1.54, 1.807) is 24.3 Å². The molecule has 0 radical (unpaired) electrons. The zero-order valence-electron chi connectivity index (χ0n) is 11.5. The zero-order valence-corrected chi connectivity index (χ0v) is 11.5. The molecule has 0 fully saturated rings. The van der Waals surface area contributed by atoms with Gasteiger partial charge in [-0.05, 0) is 36.4 Å². The summed E-state index contributed by atoms with van der Waals surface area (Å²) in [5.41, 5.74) is 0.708. The molecule has 2 aromatic carbocycles. The molecule has 0 bridgehead atoms. The Morgan fingerprint density at radius 1 is 0.773 bits per heavy atom. The van der Waals surface area contributed by atoms with Crippen molar-refractivity contribution in [3.8, 4) is 23.3 Å². The Morgan fingerprint density at radius 3 is 2.00 bits per heavy atom. The molecular weight excluding hydrogens is 282 g/mol. The van der Waals surface area contributed by atoms with Gasteiger partial charge in [0.2, 0.25) is 11.8 Å². The predicted octanol–water partition coefficient (Wildman–Crippen LogP) is 3.42. The fraction of sp³-hybridized carbons (Fsp3) is 0. The van der Waals surface area contributed by atoms with Crippen LogP contribution in [0.4, 0.5) is 11.4 Å². The maximum Gasteiger partial charge on any atom is 0.242 e. The summed E-state index contributed by atoms with van der Waals surface area (Å²) < 4.78 is 5.68. The molecule has 6 heteroatoms. The zero-order chi connectivity index (χ0) is 15.4. The normalized spacial score (nSPS) is 10.2. The van der Waals surface area contributed by atoms with E-state index >= 15 is 0 Å². The van der Waals surface area contributed by atoms with Crippen LogP contribution in [0, 0.1) is 0 Å². The maximum absolute atomic E-state index is 9.60. The Kier molecular flexibility index (Phi) is 3.74. The fourth-order valence-electron chi connectivity index (χ4n) is 1.85. The highest BCUT2D eigenvalue weighted by molar-refractivity contribution is 5.68. The van der Waals surface area contributed by atoms with Gasteiger partial charge in [-0.3, -0.25) is 0 Å². The first-order valence-electron chi connectivity index (χ1n) is 6.55. The van der Waals surface area contributed by atoms with E-state index in [0.29, 0.717) is 11.4 Å². The van der Waals surface area contributed by atoms with Gasteiger partial charge in [0.05, 0.1) is 0 Å². The topological polar surface area (TPSA) is 87.5 Å². The molecule has 1 aromatic heterocycles. The summed E-state index contributed by atoms with van der Waals surface area (Å²) in [4.78, 5) is 7.21. The molecule has 0 amide bonds. The number of anilines is 2. The number of hydrogen-bond acceptors (Lipinski definition) is 6. The van der Waals surface area contributed by atoms with Gasteiger partial charge in [0.15, 0.2) is 5.69 Å². The summed E-state index contributed by atoms with van der Waals surface area (Å²) in [6, 6.07) is 16.5. The number of para-hydroxylation sites is 1. The van der Waals surface area contributed by atoms with Crippen LogP contribution in [0.5, 0.6) is 23.3 Å². The van der Waals surface area contributed by atoms with E-state index in [9.17, 15) is 10.2 Å². The van der Waals surface area contributed by atoms with Crippen LogP contribution >= 0.6 is 0 Å². The Labute approximate surface area is 126 Å². The van der Waals surface area contributed by atoms with E-state index < -0.39 is 0 Å². The molecule has 0 atom stereocenters. The third-order valence-corrected chi connectivity index (χ3v) is 2.91. The third-order valence-electron chi connectivity index (χ3n) is 2.91. The van der Waals surface area contributed by atoms with Crippen LogP contribution in [-0.4, -0.2) is 20.2 Å². The highest BCUT2D eigenvalue weighted by Crippen LogP contribution is 2.32. The second-order valence-corrected chi connectivity index (χ2v) is 4.46. The number of nitrogens with one attached hydrogen (secondary N) is 1. The van der Waals surface area contributed by atoms with Gasteiger partial charge in [-0.2, -0.15) is 9.97 Å². The number of aromatic hydroxyl groups is 2. The second-order valence-electron chi connectivity index (χ2n) is 4.46. The van der Waals surface area contributed by atoms with Gasteiger partial charge in [0.1, 0.15) is 17.8 Å². The smallest absolute Gasteiger partial charge is 0.242 e. The molecule has 3 N–H and O–H groups in total. The third kappa shape index (κ3) is 3.06. The van der Waals surface area contributed by atoms with Gasteiger partial charge < -0.3 is 20.3 Å². The molecule has 3 rings (SSSR count). The predicted molar refractivity (Wildman–Crippen MR) is 81.6 cm³/mol. The number of benzene rings is 2. The molecule has 0 saturated carbocycles. The van der Waals surface area contributed by atoms with E-state index in [1.807, 2.05) is 30.3 Å². The van der Waals surface area contributed by atoms with Crippen LogP contribution in [0.3, 0.4) is 0 Å². The van der Waals surface area contributed by atoms with Gasteiger partial charge in [-0.15, -0.1) is 0 Å². The van der Waals surface area contributed by atoms with E-state index in [2.05, 4.69) is 15.3 Å². The van der Waals surface area contributed by atoms with Crippen molar-refractivity contribution in [1.29, 1.82) is 0 Å². The standard InChI is InChI=1S/C16H13N3O3/c20-15-14(16(21)18-10-17-15)19-11-6-8-13(9-7-11)22-12-4-2-1-3-5-12/h1-10,19H,(H2,17,18,20,21). The first-order valence-corrected chi connectivity index (χ1v) is 6.55. The molecule has 6 nitrogen and oxygen atoms in total. The van der Waals surface area contributed by atoms with Crippen LogP contribution < -0.4 is 10.1 Å². The van der Waals surface area contributed by atoms with Crippen molar-refractivity contribution in [2.45, 2.75) is 0 Å². The van der Waals surface area contributed by atoms with E-state index in [1.165, 1.54) is 0 Å². The SMILES string of the molecule is Oc1ncnc(O)c1Nc1ccc(Oc2ccccc2)cc1. The molecule has 0 spiro atoms. The molecule has 3 aromatic rings. The average molecular weight is 295 g/mol. The molecule has 0 aliphatic carbocycles.